The molecule has 2 aromatic heterocycles. The van der Waals surface area contributed by atoms with Gasteiger partial charge in [0.2, 0.25) is 0 Å². The van der Waals surface area contributed by atoms with Gasteiger partial charge in [-0.15, -0.1) is 0 Å². The number of nitrogens with one attached hydrogen (secondary N) is 1. The Kier molecular flexibility index (Phi) is 8.96. The predicted molar refractivity (Wildman–Crippen MR) is 201 cm³/mol. The van der Waals surface area contributed by atoms with Crippen LogP contribution in [0.4, 0.5) is 0 Å². The van der Waals surface area contributed by atoms with Crippen molar-refractivity contribution in [3.8, 4) is 0 Å². The minimum absolute atomic E-state index is 0.0788. The number of para-hydroxylation sites is 2. The summed E-state index contributed by atoms with van der Waals surface area (Å²) in [6.45, 7) is 11.6. The van der Waals surface area contributed by atoms with Gasteiger partial charge in [0.15, 0.2) is 0 Å². The second kappa shape index (κ2) is 13.9. The lowest BCUT2D eigenvalue weighted by atomic mass is 9.78. The first-order chi connectivity index (χ1) is 25.3. The first-order valence-corrected chi connectivity index (χ1v) is 20.3. The summed E-state index contributed by atoms with van der Waals surface area (Å²) in [7, 11) is 0. The van der Waals surface area contributed by atoms with Crippen molar-refractivity contribution in [2.24, 2.45) is 11.8 Å². The molecule has 0 bridgehead atoms. The number of benzene rings is 2. The molecule has 7 aliphatic rings. The van der Waals surface area contributed by atoms with Crippen LogP contribution in [0.15, 0.2) is 48.5 Å². The summed E-state index contributed by atoms with van der Waals surface area (Å²) in [5.74, 6) is 1.51. The van der Waals surface area contributed by atoms with Crippen molar-refractivity contribution in [3.63, 3.8) is 0 Å². The van der Waals surface area contributed by atoms with Crippen LogP contribution < -0.4 is 5.32 Å². The molecule has 6 atom stereocenters. The second-order valence-corrected chi connectivity index (χ2v) is 16.2. The topological polar surface area (TPSA) is 70.3 Å². The molecule has 0 spiro atoms. The molecular formula is C42H56N6O3. The number of rotatable bonds is 7. The minimum Gasteiger partial charge on any atom is -0.394 e. The quantitative estimate of drug-likeness (QED) is 0.260. The molecule has 272 valence electrons. The first kappa shape index (κ1) is 32.9. The highest BCUT2D eigenvalue weighted by Gasteiger charge is 2.46. The lowest BCUT2D eigenvalue weighted by Gasteiger charge is -2.49. The highest BCUT2D eigenvalue weighted by Crippen LogP contribution is 2.52. The van der Waals surface area contributed by atoms with Gasteiger partial charge in [-0.05, 0) is 99.6 Å². The van der Waals surface area contributed by atoms with Crippen LogP contribution in [0.1, 0.15) is 85.5 Å². The van der Waals surface area contributed by atoms with Crippen LogP contribution >= 0.6 is 0 Å². The normalized spacial score (nSPS) is 30.1. The highest BCUT2D eigenvalue weighted by atomic mass is 16.5. The zero-order valence-corrected chi connectivity index (χ0v) is 30.2. The molecule has 4 aromatic rings. The number of hydrogen-bond donors (Lipinski definition) is 2. The van der Waals surface area contributed by atoms with Gasteiger partial charge in [0.25, 0.3) is 0 Å². The SMILES string of the molecule is OCCOC1CC2CCCN3CCc4c(n1c1ccccc41)C23.c1ccc2c(c1)c1c3n2C(NCCN2CCOCC2)CC2CCCN(CC1)C32. The fourth-order valence-corrected chi connectivity index (χ4v) is 11.6. The Morgan fingerprint density at radius 2 is 1.33 bits per heavy atom. The van der Waals surface area contributed by atoms with E-state index in [1.807, 2.05) is 0 Å². The molecule has 9 heteroatoms. The number of aliphatic hydroxyl groups is 1. The molecule has 0 radical (unpaired) electrons. The summed E-state index contributed by atoms with van der Waals surface area (Å²) in [4.78, 5) is 8.03. The van der Waals surface area contributed by atoms with Crippen LogP contribution in [0.25, 0.3) is 21.8 Å². The van der Waals surface area contributed by atoms with Crippen LogP contribution in [0, 0.1) is 11.8 Å². The summed E-state index contributed by atoms with van der Waals surface area (Å²) in [5.41, 5.74) is 9.10. The van der Waals surface area contributed by atoms with Crippen LogP contribution in [0.2, 0.25) is 0 Å². The summed E-state index contributed by atoms with van der Waals surface area (Å²) in [6, 6.07) is 19.2. The predicted octanol–water partition coefficient (Wildman–Crippen LogP) is 5.64. The number of aromatic nitrogens is 2. The summed E-state index contributed by atoms with van der Waals surface area (Å²) in [6.07, 6.45) is 10.6. The number of morpholine rings is 1. The zero-order chi connectivity index (χ0) is 33.9. The lowest BCUT2D eigenvalue weighted by molar-refractivity contribution is -0.0673. The van der Waals surface area contributed by atoms with Gasteiger partial charge in [0.1, 0.15) is 6.23 Å². The Morgan fingerprint density at radius 1 is 0.725 bits per heavy atom. The molecule has 7 aliphatic heterocycles. The van der Waals surface area contributed by atoms with Crippen molar-refractivity contribution in [1.82, 2.24) is 29.2 Å². The van der Waals surface area contributed by atoms with Gasteiger partial charge >= 0.3 is 0 Å². The van der Waals surface area contributed by atoms with E-state index in [9.17, 15) is 5.11 Å². The number of hydrogen-bond acceptors (Lipinski definition) is 7. The van der Waals surface area contributed by atoms with E-state index in [4.69, 9.17) is 9.47 Å². The van der Waals surface area contributed by atoms with Crippen LogP contribution in [0.5, 0.6) is 0 Å². The van der Waals surface area contributed by atoms with E-state index in [2.05, 4.69) is 77.7 Å². The van der Waals surface area contributed by atoms with E-state index in [1.54, 1.807) is 16.8 Å². The molecule has 0 aliphatic carbocycles. The van der Waals surface area contributed by atoms with E-state index < -0.39 is 0 Å². The minimum atomic E-state index is 0.0788. The van der Waals surface area contributed by atoms with E-state index in [0.29, 0.717) is 30.8 Å². The van der Waals surface area contributed by atoms with E-state index in [-0.39, 0.29) is 12.8 Å². The second-order valence-electron chi connectivity index (χ2n) is 16.2. The smallest absolute Gasteiger partial charge is 0.134 e. The zero-order valence-electron chi connectivity index (χ0n) is 30.2. The molecule has 11 rings (SSSR count). The van der Waals surface area contributed by atoms with Gasteiger partial charge < -0.3 is 23.7 Å². The molecule has 0 amide bonds. The standard InChI is InChI=1S/C23H32N4O.C19H24N2O2/c1-2-6-20-18(5-1)19-7-10-26-9-3-4-17-16-21(27(20)23(19)22(17)26)24-8-11-25-12-14-28-15-13-25;22-10-11-23-17-12-13-4-3-8-20-9-7-15-14-5-1-2-6-16(14)21(17)19(15)18(13)20/h1-2,5-6,17,21-22,24H,3-4,7-16H2;1-2,5-6,13,17-18,22H,3-4,7-12H2. The first-order valence-electron chi connectivity index (χ1n) is 20.3. The van der Waals surface area contributed by atoms with Gasteiger partial charge in [0, 0.05) is 66.9 Å². The highest BCUT2D eigenvalue weighted by molar-refractivity contribution is 5.87. The van der Waals surface area contributed by atoms with Gasteiger partial charge in [-0.3, -0.25) is 20.0 Å². The molecule has 3 saturated heterocycles. The molecule has 2 N–H and O–H groups in total. The Morgan fingerprint density at radius 3 is 2.00 bits per heavy atom. The molecule has 6 unspecified atom stereocenters. The van der Waals surface area contributed by atoms with Crippen molar-refractivity contribution in [1.29, 1.82) is 0 Å². The molecule has 3 fully saturated rings. The average Bonchev–Trinajstić information content (AvgIpc) is 3.71. The third-order valence-corrected chi connectivity index (χ3v) is 13.6. The van der Waals surface area contributed by atoms with E-state index in [0.717, 1.165) is 58.2 Å². The van der Waals surface area contributed by atoms with Gasteiger partial charge in [0.05, 0.1) is 50.2 Å². The number of nitrogens with zero attached hydrogens (tertiary/aromatic N) is 5. The number of aliphatic hydroxyl groups excluding tert-OH is 1. The fraction of sp³-hybridized carbons (Fsp3) is 0.619. The molecular weight excluding hydrogens is 637 g/mol. The maximum Gasteiger partial charge on any atom is 0.134 e. The number of fused-ring (bicyclic) bond motifs is 6. The lowest BCUT2D eigenvalue weighted by Crippen LogP contribution is -2.49. The van der Waals surface area contributed by atoms with Crippen LogP contribution in [-0.4, -0.2) is 108 Å². The molecule has 9 heterocycles. The summed E-state index contributed by atoms with van der Waals surface area (Å²) >= 11 is 0. The third kappa shape index (κ3) is 5.61. The van der Waals surface area contributed by atoms with Crippen molar-refractivity contribution in [3.05, 3.63) is 71.0 Å². The van der Waals surface area contributed by atoms with E-state index >= 15 is 0 Å². The Balaban J connectivity index is 0.000000131. The molecule has 0 saturated carbocycles. The maximum atomic E-state index is 9.21. The van der Waals surface area contributed by atoms with Gasteiger partial charge in [-0.2, -0.15) is 0 Å². The van der Waals surface area contributed by atoms with Crippen molar-refractivity contribution < 1.29 is 14.6 Å². The van der Waals surface area contributed by atoms with Gasteiger partial charge in [-0.25, -0.2) is 0 Å². The molecule has 9 nitrogen and oxygen atoms in total. The Labute approximate surface area is 302 Å². The van der Waals surface area contributed by atoms with Crippen molar-refractivity contribution in [2.45, 2.75) is 75.8 Å². The van der Waals surface area contributed by atoms with Crippen molar-refractivity contribution >= 4 is 21.8 Å². The largest absolute Gasteiger partial charge is 0.394 e. The third-order valence-electron chi connectivity index (χ3n) is 13.6. The fourth-order valence-electron chi connectivity index (χ4n) is 11.6. The van der Waals surface area contributed by atoms with Crippen molar-refractivity contribution in [2.75, 3.05) is 78.8 Å². The van der Waals surface area contributed by atoms with Crippen LogP contribution in [-0.2, 0) is 22.3 Å². The summed E-state index contributed by atoms with van der Waals surface area (Å²) in [5, 5.41) is 16.1. The van der Waals surface area contributed by atoms with Gasteiger partial charge in [-0.1, -0.05) is 36.4 Å². The number of ether oxygens (including phenoxy) is 2. The Bertz CT molecular complexity index is 1860. The molecule has 51 heavy (non-hydrogen) atoms. The number of piperidine rings is 2. The Hall–Kier alpha value is -2.76. The monoisotopic (exact) mass is 692 g/mol. The average molecular weight is 693 g/mol. The summed E-state index contributed by atoms with van der Waals surface area (Å²) < 4.78 is 16.7. The van der Waals surface area contributed by atoms with E-state index in [1.165, 1.54) is 92.2 Å². The van der Waals surface area contributed by atoms with Crippen LogP contribution in [0.3, 0.4) is 0 Å². The maximum absolute atomic E-state index is 9.21. The molecule has 2 aromatic carbocycles.